The van der Waals surface area contributed by atoms with Gasteiger partial charge in [-0.25, -0.2) is 0 Å². The third-order valence-corrected chi connectivity index (χ3v) is 16.6. The average molecular weight is 433 g/mol. The van der Waals surface area contributed by atoms with Crippen LogP contribution in [0.3, 0.4) is 0 Å². The van der Waals surface area contributed by atoms with Crippen molar-refractivity contribution in [2.24, 2.45) is 0 Å². The summed E-state index contributed by atoms with van der Waals surface area (Å²) in [4.78, 5) is 0. The van der Waals surface area contributed by atoms with Crippen LogP contribution in [0.1, 0.15) is 78.1 Å². The zero-order valence-corrected chi connectivity index (χ0v) is 18.6. The average Bonchev–Trinajstić information content (AvgIpc) is 3.17. The predicted octanol–water partition coefficient (Wildman–Crippen LogP) is 8.04. The van der Waals surface area contributed by atoms with Crippen LogP contribution in [0.5, 0.6) is 0 Å². The predicted molar refractivity (Wildman–Crippen MR) is 102 cm³/mol. The molecule has 0 heterocycles. The van der Waals surface area contributed by atoms with E-state index in [4.69, 9.17) is 17.0 Å². The van der Waals surface area contributed by atoms with Crippen LogP contribution in [0.2, 0.25) is 0 Å². The molecular weight excluding hydrogens is 402 g/mol. The van der Waals surface area contributed by atoms with Crippen LogP contribution >= 0.6 is 17.0 Å². The van der Waals surface area contributed by atoms with Crippen LogP contribution < -0.4 is 0 Å². The molecule has 0 aromatic heterocycles. The zero-order valence-electron chi connectivity index (χ0n) is 14.6. The van der Waals surface area contributed by atoms with Gasteiger partial charge in [0.25, 0.3) is 0 Å². The first-order valence-electron chi connectivity index (χ1n) is 9.27. The first kappa shape index (κ1) is 19.7. The summed E-state index contributed by atoms with van der Waals surface area (Å²) in [5.41, 5.74) is 2.93. The van der Waals surface area contributed by atoms with Crippen molar-refractivity contribution in [3.05, 3.63) is 42.0 Å². The number of allylic oxidation sites excluding steroid dienone is 8. The molecule has 0 nitrogen and oxygen atoms in total. The Hall–Kier alpha value is 0.423. The topological polar surface area (TPSA) is 0 Å². The molecule has 0 amide bonds. The Morgan fingerprint density at radius 1 is 0.783 bits per heavy atom. The summed E-state index contributed by atoms with van der Waals surface area (Å²) in [5, 5.41) is 0. The molecule has 0 spiro atoms. The van der Waals surface area contributed by atoms with Gasteiger partial charge < -0.3 is 0 Å². The molecule has 0 aliphatic heterocycles. The summed E-state index contributed by atoms with van der Waals surface area (Å²) in [6.45, 7) is 4.51. The van der Waals surface area contributed by atoms with Crippen LogP contribution in [0.4, 0.5) is 0 Å². The van der Waals surface area contributed by atoms with Gasteiger partial charge in [0.15, 0.2) is 0 Å². The molecule has 0 unspecified atom stereocenters. The van der Waals surface area contributed by atoms with Gasteiger partial charge in [0.1, 0.15) is 0 Å². The second-order valence-corrected chi connectivity index (χ2v) is 20.4. The van der Waals surface area contributed by atoms with E-state index in [1.807, 2.05) is 0 Å². The van der Waals surface area contributed by atoms with Gasteiger partial charge in [0, 0.05) is 0 Å². The number of hydrogen-bond acceptors (Lipinski definition) is 0. The van der Waals surface area contributed by atoms with Crippen molar-refractivity contribution in [1.29, 1.82) is 0 Å². The van der Waals surface area contributed by atoms with Gasteiger partial charge in [-0.15, -0.1) is 0 Å². The first-order chi connectivity index (χ1) is 11.1. The van der Waals surface area contributed by atoms with Crippen molar-refractivity contribution in [1.82, 2.24) is 0 Å². The fraction of sp³-hybridized carbons (Fsp3) is 0.600. The molecule has 0 N–H and O–H groups in total. The molecule has 23 heavy (non-hydrogen) atoms. The van der Waals surface area contributed by atoms with Crippen LogP contribution in [-0.4, -0.2) is 0 Å². The summed E-state index contributed by atoms with van der Waals surface area (Å²) in [7, 11) is 14.3. The standard InChI is InChI=1S/2C10H15.2ClH.Zr/c2*1-2-3-4-7-10-8-5-6-9-10;;;/h2*5,8H,2-4,6-7H2,1H3;2*1H;/q;;;;+2/p-2. The Balaban J connectivity index is 2.15. The van der Waals surface area contributed by atoms with Crippen LogP contribution in [0.15, 0.2) is 42.0 Å². The molecule has 0 saturated carbocycles. The molecule has 0 aromatic carbocycles. The monoisotopic (exact) mass is 430 g/mol. The molecule has 128 valence electrons. The summed E-state index contributed by atoms with van der Waals surface area (Å²) in [6.07, 6.45) is 21.1. The van der Waals surface area contributed by atoms with Gasteiger partial charge in [-0.2, -0.15) is 0 Å². The van der Waals surface area contributed by atoms with Gasteiger partial charge in [0.05, 0.1) is 0 Å². The van der Waals surface area contributed by atoms with Crippen molar-refractivity contribution >= 4 is 17.0 Å². The van der Waals surface area contributed by atoms with Crippen LogP contribution in [0, 0.1) is 0 Å². The van der Waals surface area contributed by atoms with E-state index in [9.17, 15) is 0 Å². The molecule has 2 aliphatic carbocycles. The van der Waals surface area contributed by atoms with E-state index in [2.05, 4.69) is 38.2 Å². The number of rotatable bonds is 10. The Bertz CT molecular complexity index is 478. The molecule has 0 bridgehead atoms. The second kappa shape index (κ2) is 9.79. The van der Waals surface area contributed by atoms with Gasteiger partial charge in [-0.05, 0) is 0 Å². The summed E-state index contributed by atoms with van der Waals surface area (Å²) in [5.74, 6) is 0. The Morgan fingerprint density at radius 3 is 1.61 bits per heavy atom. The Labute approximate surface area is 154 Å². The first-order valence-corrected chi connectivity index (χ1v) is 18.1. The minimum atomic E-state index is -3.37. The summed E-state index contributed by atoms with van der Waals surface area (Å²) in [6, 6.07) is 0. The van der Waals surface area contributed by atoms with Crippen molar-refractivity contribution in [2.45, 2.75) is 78.1 Å². The molecule has 2 aliphatic rings. The molecule has 0 saturated heterocycles. The normalized spacial score (nSPS) is 17.9. The van der Waals surface area contributed by atoms with E-state index in [-0.39, 0.29) is 0 Å². The van der Waals surface area contributed by atoms with Crippen molar-refractivity contribution in [3.63, 3.8) is 0 Å². The van der Waals surface area contributed by atoms with Crippen molar-refractivity contribution in [2.75, 3.05) is 0 Å². The molecule has 3 heteroatoms. The third kappa shape index (κ3) is 5.20. The Kier molecular flexibility index (Phi) is 8.40. The number of halogens is 2. The zero-order chi connectivity index (χ0) is 16.7. The molecule has 0 aromatic rings. The maximum atomic E-state index is 7.14. The van der Waals surface area contributed by atoms with E-state index in [0.717, 1.165) is 25.7 Å². The molecular formula is C20H30Cl2Zr. The molecule has 0 fully saturated rings. The van der Waals surface area contributed by atoms with Gasteiger partial charge in [0.2, 0.25) is 0 Å². The third-order valence-electron chi connectivity index (χ3n) is 4.91. The van der Waals surface area contributed by atoms with Crippen molar-refractivity contribution < 1.29 is 17.9 Å². The second-order valence-electron chi connectivity index (χ2n) is 6.71. The SMILES string of the molecule is CCCCCC1=[C]([Zr]([Cl])([Cl])[C]2=C(CCCCC)C=CC2)CC=C1. The Morgan fingerprint density at radius 2 is 1.22 bits per heavy atom. The maximum absolute atomic E-state index is 7.14. The van der Waals surface area contributed by atoms with Crippen LogP contribution in [0.25, 0.3) is 0 Å². The quantitative estimate of drug-likeness (QED) is 0.306. The van der Waals surface area contributed by atoms with Gasteiger partial charge in [-0.1, -0.05) is 0 Å². The van der Waals surface area contributed by atoms with Crippen molar-refractivity contribution in [3.8, 4) is 0 Å². The van der Waals surface area contributed by atoms with E-state index in [1.54, 1.807) is 0 Å². The van der Waals surface area contributed by atoms with E-state index >= 15 is 0 Å². The molecule has 0 radical (unpaired) electrons. The van der Waals surface area contributed by atoms with E-state index < -0.39 is 17.9 Å². The van der Waals surface area contributed by atoms with E-state index in [1.165, 1.54) is 56.2 Å². The van der Waals surface area contributed by atoms with Crippen LogP contribution in [-0.2, 0) is 17.9 Å². The fourth-order valence-electron chi connectivity index (χ4n) is 3.54. The van der Waals surface area contributed by atoms with Gasteiger partial charge >= 0.3 is 155 Å². The molecule has 0 atom stereocenters. The number of unbranched alkanes of at least 4 members (excludes halogenated alkanes) is 4. The summed E-state index contributed by atoms with van der Waals surface area (Å²) < 4.78 is 2.87. The summed E-state index contributed by atoms with van der Waals surface area (Å²) >= 11 is -3.37. The fourth-order valence-corrected chi connectivity index (χ4v) is 14.0. The number of hydrogen-bond donors (Lipinski definition) is 0. The minimum absolute atomic E-state index is 0.996. The molecule has 2 rings (SSSR count). The van der Waals surface area contributed by atoms with E-state index in [0.29, 0.717) is 0 Å². The van der Waals surface area contributed by atoms with Gasteiger partial charge in [-0.3, -0.25) is 0 Å².